The summed E-state index contributed by atoms with van der Waals surface area (Å²) < 4.78 is 8.57. The van der Waals surface area contributed by atoms with Crippen LogP contribution < -0.4 is 0 Å². The lowest BCUT2D eigenvalue weighted by atomic mass is 10.0. The first kappa shape index (κ1) is 26.4. The number of nitrogens with zero attached hydrogens (tertiary/aromatic N) is 4. The maximum Gasteiger partial charge on any atom is 0.227 e. The molecule has 0 saturated heterocycles. The molecule has 46 heavy (non-hydrogen) atoms. The van der Waals surface area contributed by atoms with E-state index < -0.39 is 0 Å². The molecule has 6 heteroatoms. The molecule has 9 rings (SSSR count). The van der Waals surface area contributed by atoms with Crippen molar-refractivity contribution in [3.63, 3.8) is 0 Å². The van der Waals surface area contributed by atoms with Gasteiger partial charge in [0, 0.05) is 48.5 Å². The second-order valence-electron chi connectivity index (χ2n) is 11.1. The lowest BCUT2D eigenvalue weighted by Gasteiger charge is -2.08. The highest BCUT2D eigenvalue weighted by atomic mass is 32.1. The third-order valence-electron chi connectivity index (χ3n) is 8.18. The van der Waals surface area contributed by atoms with Gasteiger partial charge in [-0.15, -0.1) is 11.3 Å². The van der Waals surface area contributed by atoms with Gasteiger partial charge in [0.05, 0.1) is 0 Å². The summed E-state index contributed by atoms with van der Waals surface area (Å²) in [5.74, 6) is 2.57. The fourth-order valence-corrected chi connectivity index (χ4v) is 6.99. The van der Waals surface area contributed by atoms with Crippen LogP contribution in [-0.2, 0) is 0 Å². The van der Waals surface area contributed by atoms with Crippen molar-refractivity contribution >= 4 is 42.6 Å². The summed E-state index contributed by atoms with van der Waals surface area (Å²) in [6, 6.07) is 49.5. The number of oxazole rings is 1. The fourth-order valence-electron chi connectivity index (χ4n) is 5.83. The Hall–Kier alpha value is -5.98. The third kappa shape index (κ3) is 4.72. The minimum Gasteiger partial charge on any atom is -0.436 e. The average Bonchev–Trinajstić information content (AvgIpc) is 3.71. The summed E-state index contributed by atoms with van der Waals surface area (Å²) in [4.78, 5) is 19.5. The van der Waals surface area contributed by atoms with Gasteiger partial charge in [-0.05, 0) is 35.4 Å². The minimum atomic E-state index is 0.622. The maximum atomic E-state index is 6.28. The summed E-state index contributed by atoms with van der Waals surface area (Å²) in [5, 5.41) is 2.33. The molecule has 0 spiro atoms. The standard InChI is InChI=1S/C40H24N4OS/c1-4-10-25(11-5-1)26-16-18-29(19-17-26)40-41-33-23-32-31-21-20-30(22-35(31)46-36(32)24-34(33)45-40)39-43-37(27-12-6-2-7-13-27)42-38(44-39)28-14-8-3-9-15-28/h1-24H. The quantitative estimate of drug-likeness (QED) is 0.194. The SMILES string of the molecule is c1ccc(-c2ccc(-c3nc4cc5c(cc4o3)sc3cc(-c4nc(-c6ccccc6)nc(-c6ccccc6)n4)ccc35)cc2)cc1. The smallest absolute Gasteiger partial charge is 0.227 e. The molecule has 0 amide bonds. The van der Waals surface area contributed by atoms with E-state index in [-0.39, 0.29) is 0 Å². The highest BCUT2D eigenvalue weighted by Gasteiger charge is 2.16. The molecule has 5 nitrogen and oxygen atoms in total. The molecule has 0 atom stereocenters. The van der Waals surface area contributed by atoms with E-state index in [0.717, 1.165) is 53.7 Å². The predicted molar refractivity (Wildman–Crippen MR) is 187 cm³/mol. The van der Waals surface area contributed by atoms with Gasteiger partial charge in [-0.25, -0.2) is 19.9 Å². The normalized spacial score (nSPS) is 11.5. The maximum absolute atomic E-state index is 6.28. The van der Waals surface area contributed by atoms with E-state index in [0.29, 0.717) is 23.4 Å². The summed E-state index contributed by atoms with van der Waals surface area (Å²) >= 11 is 1.73. The van der Waals surface area contributed by atoms with Crippen LogP contribution in [0.3, 0.4) is 0 Å². The van der Waals surface area contributed by atoms with Crippen LogP contribution in [0.15, 0.2) is 150 Å². The molecule has 0 saturated carbocycles. The van der Waals surface area contributed by atoms with Crippen molar-refractivity contribution in [2.75, 3.05) is 0 Å². The van der Waals surface area contributed by atoms with E-state index in [1.807, 2.05) is 66.7 Å². The molecule has 6 aromatic carbocycles. The fraction of sp³-hybridized carbons (Fsp3) is 0. The van der Waals surface area contributed by atoms with E-state index >= 15 is 0 Å². The molecule has 0 radical (unpaired) electrons. The molecule has 3 aromatic heterocycles. The Morgan fingerprint density at radius 2 is 0.891 bits per heavy atom. The van der Waals surface area contributed by atoms with Crippen molar-refractivity contribution in [3.8, 4) is 56.7 Å². The zero-order valence-corrected chi connectivity index (χ0v) is 25.3. The van der Waals surface area contributed by atoms with Crippen molar-refractivity contribution in [2.24, 2.45) is 0 Å². The van der Waals surface area contributed by atoms with Gasteiger partial charge < -0.3 is 4.42 Å². The minimum absolute atomic E-state index is 0.622. The van der Waals surface area contributed by atoms with Gasteiger partial charge in [-0.3, -0.25) is 0 Å². The molecule has 9 aromatic rings. The highest BCUT2D eigenvalue weighted by molar-refractivity contribution is 7.25. The Morgan fingerprint density at radius 3 is 1.52 bits per heavy atom. The van der Waals surface area contributed by atoms with Crippen molar-refractivity contribution in [1.82, 2.24) is 19.9 Å². The second kappa shape index (κ2) is 10.9. The number of rotatable bonds is 5. The van der Waals surface area contributed by atoms with E-state index in [4.69, 9.17) is 24.4 Å². The van der Waals surface area contributed by atoms with Crippen LogP contribution in [0.25, 0.3) is 88.0 Å². The van der Waals surface area contributed by atoms with Gasteiger partial charge in [0.2, 0.25) is 5.89 Å². The van der Waals surface area contributed by atoms with Gasteiger partial charge in [-0.2, -0.15) is 0 Å². The van der Waals surface area contributed by atoms with Crippen LogP contribution in [-0.4, -0.2) is 19.9 Å². The lowest BCUT2D eigenvalue weighted by Crippen LogP contribution is -1.99. The zero-order valence-electron chi connectivity index (χ0n) is 24.5. The molecular weight excluding hydrogens is 585 g/mol. The van der Waals surface area contributed by atoms with Crippen LogP contribution in [0.4, 0.5) is 0 Å². The average molecular weight is 609 g/mol. The molecule has 0 fully saturated rings. The van der Waals surface area contributed by atoms with Crippen molar-refractivity contribution in [2.45, 2.75) is 0 Å². The number of hydrogen-bond donors (Lipinski definition) is 0. The van der Waals surface area contributed by atoms with Crippen molar-refractivity contribution in [3.05, 3.63) is 146 Å². The molecule has 3 heterocycles. The lowest BCUT2D eigenvalue weighted by molar-refractivity contribution is 0.620. The summed E-state index contributed by atoms with van der Waals surface area (Å²) in [6.07, 6.45) is 0. The molecular formula is C40H24N4OS. The summed E-state index contributed by atoms with van der Waals surface area (Å²) in [5.41, 5.74) is 7.77. The molecule has 0 bridgehead atoms. The second-order valence-corrected chi connectivity index (χ2v) is 12.2. The summed E-state index contributed by atoms with van der Waals surface area (Å²) in [6.45, 7) is 0. The van der Waals surface area contributed by atoms with E-state index in [1.54, 1.807) is 11.3 Å². The van der Waals surface area contributed by atoms with Gasteiger partial charge in [0.25, 0.3) is 0 Å². The predicted octanol–water partition coefficient (Wildman–Crippen LogP) is 10.7. The number of thiophene rings is 1. The molecule has 0 N–H and O–H groups in total. The first-order valence-electron chi connectivity index (χ1n) is 15.1. The van der Waals surface area contributed by atoms with E-state index in [9.17, 15) is 0 Å². The number of benzene rings is 6. The van der Waals surface area contributed by atoms with E-state index in [2.05, 4.69) is 78.9 Å². The van der Waals surface area contributed by atoms with Gasteiger partial charge >= 0.3 is 0 Å². The molecule has 0 aliphatic heterocycles. The third-order valence-corrected chi connectivity index (χ3v) is 9.29. The molecule has 0 unspecified atom stereocenters. The Bertz CT molecular complexity index is 2450. The highest BCUT2D eigenvalue weighted by Crippen LogP contribution is 2.39. The first-order valence-corrected chi connectivity index (χ1v) is 15.9. The van der Waals surface area contributed by atoms with Crippen molar-refractivity contribution < 1.29 is 4.42 Å². The summed E-state index contributed by atoms with van der Waals surface area (Å²) in [7, 11) is 0. The van der Waals surface area contributed by atoms with Gasteiger partial charge in [0.1, 0.15) is 5.52 Å². The van der Waals surface area contributed by atoms with Crippen LogP contribution >= 0.6 is 11.3 Å². The van der Waals surface area contributed by atoms with Crippen LogP contribution in [0.1, 0.15) is 0 Å². The molecule has 0 aliphatic carbocycles. The topological polar surface area (TPSA) is 64.7 Å². The number of hydrogen-bond acceptors (Lipinski definition) is 6. The van der Waals surface area contributed by atoms with Crippen LogP contribution in [0.2, 0.25) is 0 Å². The Morgan fingerprint density at radius 1 is 0.391 bits per heavy atom. The Kier molecular flexibility index (Phi) is 6.25. The largest absolute Gasteiger partial charge is 0.436 e. The number of fused-ring (bicyclic) bond motifs is 4. The zero-order chi connectivity index (χ0) is 30.5. The monoisotopic (exact) mass is 608 g/mol. The van der Waals surface area contributed by atoms with E-state index in [1.165, 1.54) is 10.9 Å². The van der Waals surface area contributed by atoms with Crippen LogP contribution in [0, 0.1) is 0 Å². The first-order chi connectivity index (χ1) is 22.7. The Labute approximate surface area is 268 Å². The number of aromatic nitrogens is 4. The van der Waals surface area contributed by atoms with Gasteiger partial charge in [0.15, 0.2) is 23.1 Å². The molecule has 216 valence electrons. The van der Waals surface area contributed by atoms with Crippen LogP contribution in [0.5, 0.6) is 0 Å². The van der Waals surface area contributed by atoms with Crippen molar-refractivity contribution in [1.29, 1.82) is 0 Å². The Balaban J connectivity index is 1.10. The van der Waals surface area contributed by atoms with Gasteiger partial charge in [-0.1, -0.05) is 115 Å². The molecule has 0 aliphatic rings.